The molecular formula is C24H17ClFNO4. The van der Waals surface area contributed by atoms with Crippen LogP contribution in [-0.4, -0.2) is 16.2 Å². The van der Waals surface area contributed by atoms with Crippen LogP contribution < -0.4 is 4.74 Å². The number of aromatic nitrogens is 1. The zero-order chi connectivity index (χ0) is 22.0. The number of nitrogens with zero attached hydrogens (tertiary/aromatic N) is 1. The summed E-state index contributed by atoms with van der Waals surface area (Å²) in [4.78, 5) is 11.7. The molecule has 0 bridgehead atoms. The molecule has 156 valence electrons. The van der Waals surface area contributed by atoms with Crippen LogP contribution in [0.4, 0.5) is 4.39 Å². The Morgan fingerprint density at radius 2 is 1.94 bits per heavy atom. The van der Waals surface area contributed by atoms with E-state index in [1.807, 2.05) is 6.92 Å². The summed E-state index contributed by atoms with van der Waals surface area (Å²) in [5, 5.41) is 13.8. The fourth-order valence-corrected chi connectivity index (χ4v) is 3.50. The second kappa shape index (κ2) is 8.62. The van der Waals surface area contributed by atoms with E-state index in [1.54, 1.807) is 54.6 Å². The van der Waals surface area contributed by atoms with E-state index in [2.05, 4.69) is 5.16 Å². The van der Waals surface area contributed by atoms with E-state index in [0.717, 1.165) is 5.56 Å². The van der Waals surface area contributed by atoms with E-state index >= 15 is 0 Å². The molecule has 0 spiro atoms. The number of aryl methyl sites for hydroxylation is 1. The van der Waals surface area contributed by atoms with Crippen LogP contribution in [0, 0.1) is 12.7 Å². The monoisotopic (exact) mass is 437 g/mol. The van der Waals surface area contributed by atoms with Gasteiger partial charge in [-0.15, -0.1) is 0 Å². The van der Waals surface area contributed by atoms with Crippen molar-refractivity contribution < 1.29 is 23.6 Å². The molecule has 4 rings (SSSR count). The van der Waals surface area contributed by atoms with Crippen molar-refractivity contribution in [3.63, 3.8) is 0 Å². The minimum absolute atomic E-state index is 0.192. The lowest BCUT2D eigenvalue weighted by molar-refractivity contribution is 0.0686. The SMILES string of the molecule is Cc1cc(OCc2cccc(F)c2)ccc1-c1onc(C(=O)O)c1-c1cccc(Cl)c1. The first-order valence-corrected chi connectivity index (χ1v) is 9.77. The Balaban J connectivity index is 1.68. The Morgan fingerprint density at radius 1 is 1.13 bits per heavy atom. The van der Waals surface area contributed by atoms with Gasteiger partial charge in [0.25, 0.3) is 0 Å². The van der Waals surface area contributed by atoms with Crippen molar-refractivity contribution in [2.45, 2.75) is 13.5 Å². The van der Waals surface area contributed by atoms with Crippen LogP contribution in [0.5, 0.6) is 5.75 Å². The fourth-order valence-electron chi connectivity index (χ4n) is 3.31. The van der Waals surface area contributed by atoms with Crippen LogP contribution in [-0.2, 0) is 6.61 Å². The molecule has 7 heteroatoms. The molecule has 1 heterocycles. The average Bonchev–Trinajstić information content (AvgIpc) is 3.17. The number of carboxylic acid groups (broad SMARTS) is 1. The molecule has 0 amide bonds. The number of carboxylic acids is 1. The third-order valence-electron chi connectivity index (χ3n) is 4.74. The summed E-state index contributed by atoms with van der Waals surface area (Å²) in [5.74, 6) is -0.597. The van der Waals surface area contributed by atoms with Crippen LogP contribution in [0.25, 0.3) is 22.5 Å². The number of aromatic carboxylic acids is 1. The Kier molecular flexibility index (Phi) is 5.73. The predicted molar refractivity (Wildman–Crippen MR) is 115 cm³/mol. The third kappa shape index (κ3) is 4.44. The van der Waals surface area contributed by atoms with Gasteiger partial charge in [0.2, 0.25) is 0 Å². The van der Waals surface area contributed by atoms with E-state index in [-0.39, 0.29) is 18.1 Å². The van der Waals surface area contributed by atoms with Crippen LogP contribution in [0.3, 0.4) is 0 Å². The number of hydrogen-bond acceptors (Lipinski definition) is 4. The van der Waals surface area contributed by atoms with Gasteiger partial charge in [0.1, 0.15) is 18.2 Å². The van der Waals surface area contributed by atoms with E-state index in [4.69, 9.17) is 20.9 Å². The molecule has 1 N–H and O–H groups in total. The summed E-state index contributed by atoms with van der Waals surface area (Å²) in [7, 11) is 0. The smallest absolute Gasteiger partial charge is 0.358 e. The molecule has 0 atom stereocenters. The molecule has 0 radical (unpaired) electrons. The van der Waals surface area contributed by atoms with Gasteiger partial charge in [0, 0.05) is 10.6 Å². The molecule has 0 aliphatic heterocycles. The number of carbonyl (C=O) groups is 1. The lowest BCUT2D eigenvalue weighted by Gasteiger charge is -2.10. The second-order valence-corrected chi connectivity index (χ2v) is 7.38. The largest absolute Gasteiger partial charge is 0.489 e. The second-order valence-electron chi connectivity index (χ2n) is 6.95. The van der Waals surface area contributed by atoms with Gasteiger partial charge in [-0.1, -0.05) is 41.0 Å². The Bertz CT molecular complexity index is 1270. The van der Waals surface area contributed by atoms with Gasteiger partial charge in [0.15, 0.2) is 11.5 Å². The normalized spacial score (nSPS) is 10.8. The Hall–Kier alpha value is -3.64. The highest BCUT2D eigenvalue weighted by atomic mass is 35.5. The molecule has 0 aliphatic rings. The summed E-state index contributed by atoms with van der Waals surface area (Å²) in [5.41, 5.74) is 2.94. The zero-order valence-corrected chi connectivity index (χ0v) is 17.2. The number of rotatable bonds is 6. The van der Waals surface area contributed by atoms with Crippen LogP contribution >= 0.6 is 11.6 Å². The number of hydrogen-bond donors (Lipinski definition) is 1. The summed E-state index contributed by atoms with van der Waals surface area (Å²) >= 11 is 6.10. The first-order valence-electron chi connectivity index (χ1n) is 9.39. The number of benzene rings is 3. The fraction of sp³-hybridized carbons (Fsp3) is 0.0833. The highest BCUT2D eigenvalue weighted by Gasteiger charge is 2.25. The molecule has 3 aromatic carbocycles. The van der Waals surface area contributed by atoms with Gasteiger partial charge < -0.3 is 14.4 Å². The molecular weight excluding hydrogens is 421 g/mol. The van der Waals surface area contributed by atoms with Crippen molar-refractivity contribution in [3.8, 4) is 28.2 Å². The van der Waals surface area contributed by atoms with Crippen molar-refractivity contribution >= 4 is 17.6 Å². The standard InChI is InChI=1S/C24H17ClFNO4/c1-14-10-19(30-13-15-4-2-7-18(26)11-15)8-9-20(14)23-21(22(24(28)29)27-31-23)16-5-3-6-17(25)12-16/h2-12H,13H2,1H3,(H,28,29). The van der Waals surface area contributed by atoms with Crippen molar-refractivity contribution in [1.82, 2.24) is 5.16 Å². The quantitative estimate of drug-likeness (QED) is 0.378. The highest BCUT2D eigenvalue weighted by molar-refractivity contribution is 6.30. The Labute approximate surface area is 182 Å². The van der Waals surface area contributed by atoms with E-state index in [9.17, 15) is 14.3 Å². The maximum absolute atomic E-state index is 13.3. The van der Waals surface area contributed by atoms with Gasteiger partial charge in [-0.3, -0.25) is 0 Å². The predicted octanol–water partition coefficient (Wildman–Crippen LogP) is 6.39. The van der Waals surface area contributed by atoms with Crippen LogP contribution in [0.1, 0.15) is 21.6 Å². The Morgan fingerprint density at radius 3 is 2.65 bits per heavy atom. The molecule has 4 aromatic rings. The molecule has 1 aromatic heterocycles. The summed E-state index contributed by atoms with van der Waals surface area (Å²) in [6, 6.07) is 18.4. The number of ether oxygens (including phenoxy) is 1. The molecule has 0 saturated carbocycles. The molecule has 0 saturated heterocycles. The summed E-state index contributed by atoms with van der Waals surface area (Å²) in [6.07, 6.45) is 0. The number of halogens is 2. The van der Waals surface area contributed by atoms with Crippen molar-refractivity contribution in [2.75, 3.05) is 0 Å². The molecule has 5 nitrogen and oxygen atoms in total. The van der Waals surface area contributed by atoms with Crippen molar-refractivity contribution in [3.05, 3.63) is 94.4 Å². The first kappa shape index (κ1) is 20.6. The summed E-state index contributed by atoms with van der Waals surface area (Å²) < 4.78 is 24.5. The third-order valence-corrected chi connectivity index (χ3v) is 4.98. The highest BCUT2D eigenvalue weighted by Crippen LogP contribution is 2.38. The molecule has 0 fully saturated rings. The first-order chi connectivity index (χ1) is 14.9. The van der Waals surface area contributed by atoms with E-state index in [1.165, 1.54) is 12.1 Å². The van der Waals surface area contributed by atoms with Crippen LogP contribution in [0.2, 0.25) is 5.02 Å². The van der Waals surface area contributed by atoms with Crippen molar-refractivity contribution in [2.24, 2.45) is 0 Å². The zero-order valence-electron chi connectivity index (χ0n) is 16.4. The molecule has 31 heavy (non-hydrogen) atoms. The van der Waals surface area contributed by atoms with Gasteiger partial charge in [0.05, 0.1) is 5.56 Å². The molecule has 0 unspecified atom stereocenters. The van der Waals surface area contributed by atoms with Gasteiger partial charge in [-0.05, 0) is 66.1 Å². The maximum Gasteiger partial charge on any atom is 0.358 e. The van der Waals surface area contributed by atoms with Crippen LogP contribution in [0.15, 0.2) is 71.3 Å². The summed E-state index contributed by atoms with van der Waals surface area (Å²) in [6.45, 7) is 2.07. The molecule has 0 aliphatic carbocycles. The van der Waals surface area contributed by atoms with E-state index in [0.29, 0.717) is 38.8 Å². The van der Waals surface area contributed by atoms with Gasteiger partial charge in [-0.25, -0.2) is 9.18 Å². The topological polar surface area (TPSA) is 72.6 Å². The lowest BCUT2D eigenvalue weighted by Crippen LogP contribution is -1.99. The van der Waals surface area contributed by atoms with Gasteiger partial charge >= 0.3 is 5.97 Å². The minimum Gasteiger partial charge on any atom is -0.489 e. The minimum atomic E-state index is -1.20. The lowest BCUT2D eigenvalue weighted by atomic mass is 9.97. The van der Waals surface area contributed by atoms with Gasteiger partial charge in [-0.2, -0.15) is 0 Å². The van der Waals surface area contributed by atoms with Crippen molar-refractivity contribution in [1.29, 1.82) is 0 Å². The average molecular weight is 438 g/mol. The van der Waals surface area contributed by atoms with E-state index < -0.39 is 5.97 Å². The maximum atomic E-state index is 13.3.